The van der Waals surface area contributed by atoms with Gasteiger partial charge >= 0.3 is 6.29 Å². The third-order valence-corrected chi connectivity index (χ3v) is 7.91. The molecule has 6 rings (SSSR count). The van der Waals surface area contributed by atoms with Crippen LogP contribution < -0.4 is 36.2 Å². The van der Waals surface area contributed by atoms with Gasteiger partial charge in [-0.05, 0) is 66.1 Å². The van der Waals surface area contributed by atoms with Gasteiger partial charge in [-0.3, -0.25) is 10.2 Å². The van der Waals surface area contributed by atoms with Crippen molar-refractivity contribution in [2.45, 2.75) is 70.0 Å². The first-order chi connectivity index (χ1) is 18.4. The van der Waals surface area contributed by atoms with Crippen LogP contribution in [0.4, 0.5) is 20.2 Å². The normalized spacial score (nSPS) is 22.4. The summed E-state index contributed by atoms with van der Waals surface area (Å²) in [6, 6.07) is 10.8. The van der Waals surface area contributed by atoms with Crippen LogP contribution in [-0.2, 0) is 16.6 Å². The molecule has 4 N–H and O–H groups in total. The molecule has 9 nitrogen and oxygen atoms in total. The number of nitrogens with zero attached hydrogens (tertiary/aromatic N) is 2. The van der Waals surface area contributed by atoms with Gasteiger partial charge in [0.15, 0.2) is 11.5 Å². The second-order valence-corrected chi connectivity index (χ2v) is 11.8. The molecule has 1 aliphatic carbocycles. The lowest BCUT2D eigenvalue weighted by Gasteiger charge is -2.38. The van der Waals surface area contributed by atoms with E-state index in [2.05, 4.69) is 62.1 Å². The molecule has 3 aliphatic heterocycles. The largest absolute Gasteiger partial charge is 0.586 e. The molecule has 1 fully saturated rings. The lowest BCUT2D eigenvalue weighted by atomic mass is 9.81. The summed E-state index contributed by atoms with van der Waals surface area (Å²) in [6.45, 7) is 7.32. The molecule has 1 saturated carbocycles. The topological polar surface area (TPSA) is 99.3 Å². The van der Waals surface area contributed by atoms with Crippen LogP contribution in [0.3, 0.4) is 0 Å². The number of benzene rings is 2. The molecule has 1 amide bonds. The van der Waals surface area contributed by atoms with E-state index in [1.807, 2.05) is 18.2 Å². The Bertz CT molecular complexity index is 1340. The van der Waals surface area contributed by atoms with E-state index in [1.54, 1.807) is 6.07 Å². The van der Waals surface area contributed by atoms with Crippen molar-refractivity contribution in [1.82, 2.24) is 16.5 Å². The van der Waals surface area contributed by atoms with Gasteiger partial charge in [0.25, 0.3) is 0 Å². The highest BCUT2D eigenvalue weighted by Gasteiger charge is 2.53. The van der Waals surface area contributed by atoms with Crippen LogP contribution in [0.5, 0.6) is 11.5 Å². The summed E-state index contributed by atoms with van der Waals surface area (Å²) >= 11 is 0. The number of halogens is 2. The Morgan fingerprint density at radius 2 is 1.97 bits per heavy atom. The predicted molar refractivity (Wildman–Crippen MR) is 144 cm³/mol. The minimum Gasteiger partial charge on any atom is -0.395 e. The van der Waals surface area contributed by atoms with Crippen molar-refractivity contribution >= 4 is 31.0 Å². The molecule has 4 aliphatic rings. The van der Waals surface area contributed by atoms with Crippen molar-refractivity contribution in [2.24, 2.45) is 10.5 Å². The maximum absolute atomic E-state index is 13.5. The van der Waals surface area contributed by atoms with Crippen LogP contribution in [-0.4, -0.2) is 38.5 Å². The molecule has 2 aromatic rings. The standard InChI is InChI=1S/C27H31BF2N6O3/c1-25(2,3)22-11-15-10-18(5-6-19(15)36(22)14-17(28)13-23-32-34-35-33-23)31-24(37)26(8-9-26)16-4-7-20-21(12-16)39-27(29,30)38-20/h4-7,10,12,17,22,34-35H,8-9,11,13-14H2,1-3H3,(H,31,37)(H,32,33). The number of hydrogen-bond acceptors (Lipinski definition) is 8. The summed E-state index contributed by atoms with van der Waals surface area (Å²) in [7, 11) is 6.52. The van der Waals surface area contributed by atoms with E-state index in [0.29, 0.717) is 37.1 Å². The number of hydrogen-bond donors (Lipinski definition) is 4. The number of ether oxygens (including phenoxy) is 2. The summed E-state index contributed by atoms with van der Waals surface area (Å²) in [5.74, 6) is 0.382. The number of nitrogens with one attached hydrogen (secondary N) is 4. The number of carbonyl (C=O) groups is 1. The van der Waals surface area contributed by atoms with Crippen LogP contribution in [0.1, 0.15) is 51.2 Å². The Morgan fingerprint density at radius 3 is 2.67 bits per heavy atom. The number of amides is 1. The van der Waals surface area contributed by atoms with Gasteiger partial charge in [0.05, 0.1) is 13.3 Å². The van der Waals surface area contributed by atoms with Crippen molar-refractivity contribution < 1.29 is 23.0 Å². The summed E-state index contributed by atoms with van der Waals surface area (Å²) < 4.78 is 36.1. The first-order valence-corrected chi connectivity index (χ1v) is 13.1. The monoisotopic (exact) mass is 536 g/mol. The summed E-state index contributed by atoms with van der Waals surface area (Å²) in [5, 5.41) is 7.20. The molecule has 3 heterocycles. The number of anilines is 2. The van der Waals surface area contributed by atoms with Gasteiger partial charge in [-0.25, -0.2) is 5.53 Å². The van der Waals surface area contributed by atoms with E-state index in [0.717, 1.165) is 23.5 Å². The molecule has 0 saturated heterocycles. The molecule has 2 radical (unpaired) electrons. The Balaban J connectivity index is 1.19. The highest BCUT2D eigenvalue weighted by atomic mass is 19.3. The molecule has 0 spiro atoms. The van der Waals surface area contributed by atoms with Crippen LogP contribution in [0.2, 0.25) is 5.82 Å². The number of amidine groups is 1. The number of fused-ring (bicyclic) bond motifs is 2. The zero-order chi connectivity index (χ0) is 27.6. The molecular weight excluding hydrogens is 505 g/mol. The highest BCUT2D eigenvalue weighted by molar-refractivity contribution is 6.14. The fourth-order valence-corrected chi connectivity index (χ4v) is 5.75. The van der Waals surface area contributed by atoms with Crippen molar-refractivity contribution in [1.29, 1.82) is 0 Å². The number of alkyl halides is 2. The maximum atomic E-state index is 13.5. The Hall–Kier alpha value is -3.54. The molecule has 0 bridgehead atoms. The fourth-order valence-electron chi connectivity index (χ4n) is 5.75. The van der Waals surface area contributed by atoms with E-state index in [4.69, 9.17) is 7.85 Å². The average molecular weight is 536 g/mol. The maximum Gasteiger partial charge on any atom is 0.586 e. The second-order valence-electron chi connectivity index (χ2n) is 11.8. The van der Waals surface area contributed by atoms with Crippen molar-refractivity contribution in [2.75, 3.05) is 16.8 Å². The van der Waals surface area contributed by atoms with Gasteiger partial charge in [0.1, 0.15) is 5.84 Å². The van der Waals surface area contributed by atoms with E-state index >= 15 is 0 Å². The smallest absolute Gasteiger partial charge is 0.395 e. The second kappa shape index (κ2) is 9.01. The molecule has 39 heavy (non-hydrogen) atoms. The summed E-state index contributed by atoms with van der Waals surface area (Å²) in [6.07, 6.45) is -1.01. The van der Waals surface area contributed by atoms with Gasteiger partial charge < -0.3 is 19.7 Å². The van der Waals surface area contributed by atoms with Crippen LogP contribution in [0.25, 0.3) is 0 Å². The van der Waals surface area contributed by atoms with Crippen LogP contribution in [0.15, 0.2) is 41.5 Å². The van der Waals surface area contributed by atoms with Crippen LogP contribution in [0, 0.1) is 5.41 Å². The number of hydrazone groups is 1. The molecule has 2 aromatic carbocycles. The third kappa shape index (κ3) is 4.86. The van der Waals surface area contributed by atoms with E-state index in [9.17, 15) is 13.6 Å². The molecule has 204 valence electrons. The Kier molecular flexibility index (Phi) is 5.94. The number of carbonyl (C=O) groups excluding carboxylic acids is 1. The quantitative estimate of drug-likeness (QED) is 0.401. The highest BCUT2D eigenvalue weighted by Crippen LogP contribution is 2.52. The fraction of sp³-hybridized carbons (Fsp3) is 0.481. The van der Waals surface area contributed by atoms with E-state index in [1.165, 1.54) is 12.1 Å². The zero-order valence-corrected chi connectivity index (χ0v) is 22.1. The minimum absolute atomic E-state index is 0.00260. The Labute approximate surface area is 227 Å². The molecule has 2 atom stereocenters. The number of rotatable bonds is 7. The predicted octanol–water partition coefficient (Wildman–Crippen LogP) is 3.73. The van der Waals surface area contributed by atoms with E-state index < -0.39 is 11.7 Å². The van der Waals surface area contributed by atoms with Gasteiger partial charge in [0.2, 0.25) is 5.91 Å². The lowest BCUT2D eigenvalue weighted by molar-refractivity contribution is -0.286. The van der Waals surface area contributed by atoms with Gasteiger partial charge in [-0.15, -0.1) is 19.4 Å². The zero-order valence-electron chi connectivity index (χ0n) is 22.1. The van der Waals surface area contributed by atoms with Gasteiger partial charge in [0, 0.05) is 30.4 Å². The van der Waals surface area contributed by atoms with Crippen molar-refractivity contribution in [3.05, 3.63) is 47.5 Å². The van der Waals surface area contributed by atoms with Crippen molar-refractivity contribution in [3.63, 3.8) is 0 Å². The summed E-state index contributed by atoms with van der Waals surface area (Å²) in [5.41, 5.74) is 11.2. The average Bonchev–Trinajstić information content (AvgIpc) is 3.18. The van der Waals surface area contributed by atoms with Gasteiger partial charge in [-0.2, -0.15) is 0 Å². The number of hydrazine groups is 2. The minimum atomic E-state index is -3.69. The molecule has 12 heteroatoms. The van der Waals surface area contributed by atoms with Crippen LogP contribution >= 0.6 is 0 Å². The Morgan fingerprint density at radius 1 is 1.21 bits per heavy atom. The summed E-state index contributed by atoms with van der Waals surface area (Å²) in [4.78, 5) is 15.8. The lowest BCUT2D eigenvalue weighted by Crippen LogP contribution is -2.44. The van der Waals surface area contributed by atoms with E-state index in [-0.39, 0.29) is 34.7 Å². The molecule has 0 aromatic heterocycles. The van der Waals surface area contributed by atoms with Crippen molar-refractivity contribution in [3.8, 4) is 11.5 Å². The first kappa shape index (κ1) is 25.7. The first-order valence-electron chi connectivity index (χ1n) is 13.1. The molecular formula is C27H31BF2N6O3. The SMILES string of the molecule is [B]C(CC1=NNNN1)CN1c2ccc(NC(=O)C3(c4ccc5c(c4)OC(F)(F)O5)CC3)cc2CC1C(C)(C)C. The third-order valence-electron chi connectivity index (χ3n) is 7.91. The molecule has 2 unspecified atom stereocenters. The van der Waals surface area contributed by atoms with Gasteiger partial charge in [-0.1, -0.05) is 32.7 Å².